The fraction of sp³-hybridized carbons (Fsp3) is 0.714. The van der Waals surface area contributed by atoms with E-state index in [0.717, 1.165) is 36.6 Å². The van der Waals surface area contributed by atoms with Crippen molar-refractivity contribution in [3.8, 4) is 0 Å². The van der Waals surface area contributed by atoms with E-state index in [1.54, 1.807) is 0 Å². The summed E-state index contributed by atoms with van der Waals surface area (Å²) in [6.07, 6.45) is 6.85. The summed E-state index contributed by atoms with van der Waals surface area (Å²) in [5.74, 6) is 1.98. The zero-order valence-electron chi connectivity index (χ0n) is 11.1. The van der Waals surface area contributed by atoms with Crippen LogP contribution in [0.5, 0.6) is 0 Å². The van der Waals surface area contributed by atoms with Gasteiger partial charge in [-0.05, 0) is 50.8 Å². The lowest BCUT2D eigenvalue weighted by Gasteiger charge is -2.38. The minimum Gasteiger partial charge on any atom is -0.352 e. The fourth-order valence-electron chi connectivity index (χ4n) is 3.52. The highest BCUT2D eigenvalue weighted by molar-refractivity contribution is 5.40. The molecule has 1 aliphatic heterocycles. The summed E-state index contributed by atoms with van der Waals surface area (Å²) in [4.78, 5) is 2.50. The van der Waals surface area contributed by atoms with Crippen LogP contribution in [0, 0.1) is 5.92 Å². The lowest BCUT2D eigenvalue weighted by atomic mass is 9.92. The first-order chi connectivity index (χ1) is 8.88. The van der Waals surface area contributed by atoms with Crippen LogP contribution in [0.4, 0.5) is 5.82 Å². The topological polar surface area (TPSA) is 41.0 Å². The molecular formula is C14H22N4. The number of nitrogens with zero attached hydrogens (tertiary/aromatic N) is 3. The maximum Gasteiger partial charge on any atom is 0.151 e. The lowest BCUT2D eigenvalue weighted by Crippen LogP contribution is -2.43. The van der Waals surface area contributed by atoms with Gasteiger partial charge in [0.25, 0.3) is 0 Å². The highest BCUT2D eigenvalue weighted by Crippen LogP contribution is 2.38. The van der Waals surface area contributed by atoms with Crippen LogP contribution in [0.2, 0.25) is 0 Å². The third-order valence-electron chi connectivity index (χ3n) is 4.35. The van der Waals surface area contributed by atoms with Crippen LogP contribution in [0.3, 0.4) is 0 Å². The summed E-state index contributed by atoms with van der Waals surface area (Å²) in [5.41, 5.74) is 1.02. The van der Waals surface area contributed by atoms with E-state index < -0.39 is 0 Å². The van der Waals surface area contributed by atoms with E-state index in [0.29, 0.717) is 0 Å². The monoisotopic (exact) mass is 246 g/mol. The fourth-order valence-corrected chi connectivity index (χ4v) is 3.52. The molecule has 4 nitrogen and oxygen atoms in total. The van der Waals surface area contributed by atoms with Crippen molar-refractivity contribution in [2.75, 3.05) is 18.5 Å². The van der Waals surface area contributed by atoms with Gasteiger partial charge in [-0.15, -0.1) is 5.10 Å². The SMILES string of the molecule is CNCc1ccc(N2CCCC3CCCC32)nn1. The molecule has 2 heterocycles. The summed E-state index contributed by atoms with van der Waals surface area (Å²) in [7, 11) is 1.93. The van der Waals surface area contributed by atoms with Crippen molar-refractivity contribution in [3.63, 3.8) is 0 Å². The van der Waals surface area contributed by atoms with Gasteiger partial charge in [0.2, 0.25) is 0 Å². The van der Waals surface area contributed by atoms with Crippen molar-refractivity contribution in [1.82, 2.24) is 15.5 Å². The van der Waals surface area contributed by atoms with E-state index in [4.69, 9.17) is 0 Å². The largest absolute Gasteiger partial charge is 0.352 e. The van der Waals surface area contributed by atoms with Gasteiger partial charge in [-0.25, -0.2) is 0 Å². The smallest absolute Gasteiger partial charge is 0.151 e. The van der Waals surface area contributed by atoms with Gasteiger partial charge in [0.1, 0.15) is 0 Å². The molecule has 2 unspecified atom stereocenters. The summed E-state index contributed by atoms with van der Waals surface area (Å²) in [6.45, 7) is 1.94. The molecule has 18 heavy (non-hydrogen) atoms. The molecule has 1 N–H and O–H groups in total. The molecular weight excluding hydrogens is 224 g/mol. The molecule has 3 rings (SSSR count). The molecule has 2 atom stereocenters. The molecule has 1 aliphatic carbocycles. The molecule has 1 saturated carbocycles. The Balaban J connectivity index is 1.76. The Kier molecular flexibility index (Phi) is 3.46. The van der Waals surface area contributed by atoms with E-state index in [1.165, 1.54) is 32.1 Å². The molecule has 2 aliphatic rings. The Morgan fingerprint density at radius 1 is 1.22 bits per heavy atom. The highest BCUT2D eigenvalue weighted by atomic mass is 15.3. The van der Waals surface area contributed by atoms with Crippen LogP contribution in [-0.4, -0.2) is 29.8 Å². The molecule has 0 bridgehead atoms. The molecule has 0 radical (unpaired) electrons. The minimum atomic E-state index is 0.725. The number of nitrogens with one attached hydrogen (secondary N) is 1. The third-order valence-corrected chi connectivity index (χ3v) is 4.35. The van der Waals surface area contributed by atoms with Crippen molar-refractivity contribution < 1.29 is 0 Å². The molecule has 1 aromatic heterocycles. The van der Waals surface area contributed by atoms with Crippen LogP contribution < -0.4 is 10.2 Å². The number of aromatic nitrogens is 2. The maximum absolute atomic E-state index is 4.42. The molecule has 1 aromatic rings. The van der Waals surface area contributed by atoms with E-state index in [2.05, 4.69) is 32.5 Å². The second-order valence-corrected chi connectivity index (χ2v) is 5.51. The summed E-state index contributed by atoms with van der Waals surface area (Å²) >= 11 is 0. The number of anilines is 1. The number of hydrogen-bond donors (Lipinski definition) is 1. The summed E-state index contributed by atoms with van der Waals surface area (Å²) in [6, 6.07) is 4.96. The Morgan fingerprint density at radius 2 is 2.11 bits per heavy atom. The number of fused-ring (bicyclic) bond motifs is 1. The van der Waals surface area contributed by atoms with Gasteiger partial charge in [-0.3, -0.25) is 0 Å². The predicted molar refractivity (Wildman–Crippen MR) is 72.5 cm³/mol. The van der Waals surface area contributed by atoms with E-state index in [-0.39, 0.29) is 0 Å². The second-order valence-electron chi connectivity index (χ2n) is 5.51. The molecule has 98 valence electrons. The number of hydrogen-bond acceptors (Lipinski definition) is 4. The van der Waals surface area contributed by atoms with Gasteiger partial charge < -0.3 is 10.2 Å². The Labute approximate surface area is 109 Å². The Bertz CT molecular complexity index is 389. The van der Waals surface area contributed by atoms with Crippen LogP contribution >= 0.6 is 0 Å². The lowest BCUT2D eigenvalue weighted by molar-refractivity contribution is 0.360. The molecule has 0 amide bonds. The third kappa shape index (κ3) is 2.21. The van der Waals surface area contributed by atoms with E-state index in [9.17, 15) is 0 Å². The van der Waals surface area contributed by atoms with Crippen LogP contribution in [0.25, 0.3) is 0 Å². The van der Waals surface area contributed by atoms with Gasteiger partial charge in [-0.1, -0.05) is 6.42 Å². The zero-order valence-corrected chi connectivity index (χ0v) is 11.1. The van der Waals surface area contributed by atoms with E-state index in [1.807, 2.05) is 7.05 Å². The number of rotatable bonds is 3. The quantitative estimate of drug-likeness (QED) is 0.885. The Hall–Kier alpha value is -1.16. The second kappa shape index (κ2) is 5.22. The molecule has 2 fully saturated rings. The van der Waals surface area contributed by atoms with Crippen LogP contribution in [-0.2, 0) is 6.54 Å². The van der Waals surface area contributed by atoms with Crippen molar-refractivity contribution in [1.29, 1.82) is 0 Å². The van der Waals surface area contributed by atoms with Gasteiger partial charge >= 0.3 is 0 Å². The molecule has 4 heteroatoms. The van der Waals surface area contributed by atoms with Gasteiger partial charge in [0.05, 0.1) is 5.69 Å². The van der Waals surface area contributed by atoms with Gasteiger partial charge in [0, 0.05) is 19.1 Å². The standard InChI is InChI=1S/C14H22N4/c1-15-10-12-7-8-14(17-16-12)18-9-3-5-11-4-2-6-13(11)18/h7-8,11,13,15H,2-6,9-10H2,1H3. The van der Waals surface area contributed by atoms with Crippen LogP contribution in [0.1, 0.15) is 37.8 Å². The van der Waals surface area contributed by atoms with Crippen molar-refractivity contribution in [3.05, 3.63) is 17.8 Å². The van der Waals surface area contributed by atoms with Gasteiger partial charge in [0.15, 0.2) is 5.82 Å². The number of piperidine rings is 1. The Morgan fingerprint density at radius 3 is 2.89 bits per heavy atom. The average Bonchev–Trinajstić information content (AvgIpc) is 2.88. The van der Waals surface area contributed by atoms with Crippen molar-refractivity contribution >= 4 is 5.82 Å². The van der Waals surface area contributed by atoms with Crippen LogP contribution in [0.15, 0.2) is 12.1 Å². The molecule has 0 spiro atoms. The normalized spacial score (nSPS) is 27.3. The average molecular weight is 246 g/mol. The molecule has 0 aromatic carbocycles. The predicted octanol–water partition coefficient (Wildman–Crippen LogP) is 1.96. The first kappa shape index (κ1) is 11.9. The first-order valence-electron chi connectivity index (χ1n) is 7.12. The maximum atomic E-state index is 4.42. The summed E-state index contributed by atoms with van der Waals surface area (Å²) < 4.78 is 0. The zero-order chi connectivity index (χ0) is 12.4. The van der Waals surface area contributed by atoms with Crippen molar-refractivity contribution in [2.45, 2.75) is 44.7 Å². The molecule has 1 saturated heterocycles. The van der Waals surface area contributed by atoms with E-state index >= 15 is 0 Å². The van der Waals surface area contributed by atoms with Gasteiger partial charge in [-0.2, -0.15) is 5.10 Å². The highest BCUT2D eigenvalue weighted by Gasteiger charge is 2.35. The first-order valence-corrected chi connectivity index (χ1v) is 7.12. The van der Waals surface area contributed by atoms with Crippen molar-refractivity contribution in [2.24, 2.45) is 5.92 Å². The summed E-state index contributed by atoms with van der Waals surface area (Å²) in [5, 5.41) is 11.8. The minimum absolute atomic E-state index is 0.725.